The molecule has 0 saturated heterocycles. The molecule has 0 amide bonds. The van der Waals surface area contributed by atoms with Crippen LogP contribution in [0.25, 0.3) is 11.5 Å². The van der Waals surface area contributed by atoms with Gasteiger partial charge in [0, 0.05) is 28.4 Å². The van der Waals surface area contributed by atoms with Crippen molar-refractivity contribution in [2.24, 2.45) is 0 Å². The minimum absolute atomic E-state index is 0.263. The van der Waals surface area contributed by atoms with Gasteiger partial charge in [-0.25, -0.2) is 4.98 Å². The van der Waals surface area contributed by atoms with Gasteiger partial charge in [0.15, 0.2) is 0 Å². The van der Waals surface area contributed by atoms with E-state index in [2.05, 4.69) is 81.1 Å². The number of benzene rings is 2. The van der Waals surface area contributed by atoms with Gasteiger partial charge < -0.3 is 4.42 Å². The van der Waals surface area contributed by atoms with Crippen molar-refractivity contribution in [1.29, 1.82) is 0 Å². The van der Waals surface area contributed by atoms with Crippen LogP contribution in [0.3, 0.4) is 0 Å². The minimum atomic E-state index is 0.263. The highest BCUT2D eigenvalue weighted by atomic mass is 32.1. The molecule has 0 unspecified atom stereocenters. The number of thiophene rings is 1. The van der Waals surface area contributed by atoms with E-state index in [9.17, 15) is 0 Å². The largest absolute Gasteiger partial charge is 0.441 e. The third-order valence-corrected chi connectivity index (χ3v) is 8.19. The van der Waals surface area contributed by atoms with Gasteiger partial charge in [-0.1, -0.05) is 55.0 Å². The fraction of sp³-hybridized carbons (Fsp3) is 0.345. The third kappa shape index (κ3) is 4.07. The van der Waals surface area contributed by atoms with E-state index in [1.54, 1.807) is 11.1 Å². The number of hydrogen-bond acceptors (Lipinski definition) is 4. The summed E-state index contributed by atoms with van der Waals surface area (Å²) in [6.45, 7) is 12.7. The summed E-state index contributed by atoms with van der Waals surface area (Å²) in [5.74, 6) is 1.65. The molecule has 4 aromatic rings. The number of aromatic nitrogens is 1. The lowest BCUT2D eigenvalue weighted by molar-refractivity contribution is 0.204. The van der Waals surface area contributed by atoms with E-state index in [1.807, 2.05) is 18.3 Å². The first-order valence-electron chi connectivity index (χ1n) is 11.9. The molecule has 5 rings (SSSR count). The molecule has 0 radical (unpaired) electrons. The van der Waals surface area contributed by atoms with Crippen LogP contribution in [0.2, 0.25) is 0 Å². The Morgan fingerprint density at radius 2 is 1.85 bits per heavy atom. The van der Waals surface area contributed by atoms with Gasteiger partial charge in [0.05, 0.1) is 11.7 Å². The Bertz CT molecular complexity index is 1280. The van der Waals surface area contributed by atoms with E-state index in [0.717, 1.165) is 48.8 Å². The van der Waals surface area contributed by atoms with Gasteiger partial charge in [0.2, 0.25) is 5.89 Å². The average Bonchev–Trinajstić information content (AvgIpc) is 3.34. The van der Waals surface area contributed by atoms with E-state index < -0.39 is 0 Å². The van der Waals surface area contributed by atoms with E-state index in [4.69, 9.17) is 9.40 Å². The second kappa shape index (κ2) is 8.92. The molecule has 3 nitrogen and oxygen atoms in total. The SMILES string of the molecule is CCc1c(C)sc2c1CCN(Cc1nc(-c3cc(C)ccc3C)oc1C)[C@@H]2c1ccccc1. The van der Waals surface area contributed by atoms with Crippen molar-refractivity contribution in [2.45, 2.75) is 60.0 Å². The highest BCUT2D eigenvalue weighted by molar-refractivity contribution is 7.12. The van der Waals surface area contributed by atoms with Crippen molar-refractivity contribution in [1.82, 2.24) is 9.88 Å². The number of nitrogens with zero attached hydrogens (tertiary/aromatic N) is 2. The smallest absolute Gasteiger partial charge is 0.226 e. The molecule has 4 heteroatoms. The van der Waals surface area contributed by atoms with Gasteiger partial charge in [-0.05, 0) is 68.9 Å². The van der Waals surface area contributed by atoms with E-state index >= 15 is 0 Å². The molecule has 0 bridgehead atoms. The summed E-state index contributed by atoms with van der Waals surface area (Å²) in [5, 5.41) is 0. The van der Waals surface area contributed by atoms with Gasteiger partial charge >= 0.3 is 0 Å². The molecule has 170 valence electrons. The monoisotopic (exact) mass is 456 g/mol. The fourth-order valence-corrected chi connectivity index (χ4v) is 6.64. The Hall–Kier alpha value is -2.69. The molecule has 33 heavy (non-hydrogen) atoms. The maximum absolute atomic E-state index is 6.19. The molecule has 0 saturated carbocycles. The topological polar surface area (TPSA) is 29.3 Å². The quantitative estimate of drug-likeness (QED) is 0.314. The van der Waals surface area contributed by atoms with Crippen LogP contribution in [0.5, 0.6) is 0 Å². The molecule has 0 N–H and O–H groups in total. The van der Waals surface area contributed by atoms with Crippen LogP contribution >= 0.6 is 11.3 Å². The second-order valence-corrected chi connectivity index (χ2v) is 10.5. The Labute approximate surface area is 201 Å². The van der Waals surface area contributed by atoms with Crippen LogP contribution in [-0.4, -0.2) is 16.4 Å². The number of oxazole rings is 1. The molecule has 3 heterocycles. The zero-order valence-electron chi connectivity index (χ0n) is 20.2. The summed E-state index contributed by atoms with van der Waals surface area (Å²) < 4.78 is 6.19. The molecule has 1 atom stereocenters. The molecule has 2 aromatic heterocycles. The summed E-state index contributed by atoms with van der Waals surface area (Å²) in [6.07, 6.45) is 2.22. The van der Waals surface area contributed by atoms with Gasteiger partial charge in [-0.2, -0.15) is 0 Å². The van der Waals surface area contributed by atoms with Crippen LogP contribution in [0.1, 0.15) is 62.0 Å². The number of hydrogen-bond donors (Lipinski definition) is 0. The minimum Gasteiger partial charge on any atom is -0.441 e. The molecular formula is C29H32N2OS. The molecule has 2 aromatic carbocycles. The Kier molecular flexibility index (Phi) is 5.98. The first kappa shape index (κ1) is 22.1. The Morgan fingerprint density at radius 3 is 2.61 bits per heavy atom. The number of fused-ring (bicyclic) bond motifs is 1. The van der Waals surface area contributed by atoms with Crippen molar-refractivity contribution in [3.8, 4) is 11.5 Å². The zero-order valence-corrected chi connectivity index (χ0v) is 21.1. The zero-order chi connectivity index (χ0) is 23.1. The van der Waals surface area contributed by atoms with Crippen molar-refractivity contribution in [3.05, 3.63) is 97.6 Å². The summed E-state index contributed by atoms with van der Waals surface area (Å²) in [4.78, 5) is 10.6. The summed E-state index contributed by atoms with van der Waals surface area (Å²) in [5.41, 5.74) is 9.05. The third-order valence-electron chi connectivity index (χ3n) is 6.95. The average molecular weight is 457 g/mol. The van der Waals surface area contributed by atoms with Crippen LogP contribution in [-0.2, 0) is 19.4 Å². The highest BCUT2D eigenvalue weighted by Crippen LogP contribution is 2.43. The van der Waals surface area contributed by atoms with Crippen molar-refractivity contribution in [3.63, 3.8) is 0 Å². The lowest BCUT2D eigenvalue weighted by Gasteiger charge is -2.36. The summed E-state index contributed by atoms with van der Waals surface area (Å²) in [6, 6.07) is 17.7. The summed E-state index contributed by atoms with van der Waals surface area (Å²) in [7, 11) is 0. The van der Waals surface area contributed by atoms with Crippen molar-refractivity contribution < 1.29 is 4.42 Å². The molecule has 1 aliphatic heterocycles. The summed E-state index contributed by atoms with van der Waals surface area (Å²) >= 11 is 1.98. The highest BCUT2D eigenvalue weighted by Gasteiger charge is 2.33. The maximum Gasteiger partial charge on any atom is 0.226 e. The van der Waals surface area contributed by atoms with E-state index in [1.165, 1.54) is 26.4 Å². The first-order chi connectivity index (χ1) is 16.0. The normalized spacial score (nSPS) is 16.2. The number of rotatable bonds is 5. The standard InChI is InChI=1S/C29H32N2OS/c1-6-23-21(5)33-28-24(23)14-15-31(27(28)22-10-8-7-9-11-22)17-26-20(4)32-29(30-26)25-16-18(2)12-13-19(25)3/h7-13,16,27H,6,14-15,17H2,1-5H3/t27-/m1/s1. The van der Waals surface area contributed by atoms with Crippen molar-refractivity contribution >= 4 is 11.3 Å². The Morgan fingerprint density at radius 1 is 1.06 bits per heavy atom. The maximum atomic E-state index is 6.19. The predicted molar refractivity (Wildman–Crippen MR) is 137 cm³/mol. The molecule has 0 fully saturated rings. The predicted octanol–water partition coefficient (Wildman–Crippen LogP) is 7.35. The fourth-order valence-electron chi connectivity index (χ4n) is 5.17. The lowest BCUT2D eigenvalue weighted by Crippen LogP contribution is -2.35. The van der Waals surface area contributed by atoms with E-state index in [0.29, 0.717) is 0 Å². The van der Waals surface area contributed by atoms with Crippen LogP contribution in [0, 0.1) is 27.7 Å². The molecular weight excluding hydrogens is 424 g/mol. The van der Waals surface area contributed by atoms with Crippen LogP contribution in [0.4, 0.5) is 0 Å². The van der Waals surface area contributed by atoms with Crippen molar-refractivity contribution in [2.75, 3.05) is 6.54 Å². The molecule has 1 aliphatic rings. The van der Waals surface area contributed by atoms with Crippen LogP contribution < -0.4 is 0 Å². The second-order valence-electron chi connectivity index (χ2n) is 9.21. The van der Waals surface area contributed by atoms with Crippen LogP contribution in [0.15, 0.2) is 52.9 Å². The molecule has 0 aliphatic carbocycles. The Balaban J connectivity index is 1.52. The number of aryl methyl sites for hydroxylation is 4. The van der Waals surface area contributed by atoms with Gasteiger partial charge in [0.1, 0.15) is 5.76 Å². The van der Waals surface area contributed by atoms with E-state index in [-0.39, 0.29) is 6.04 Å². The van der Waals surface area contributed by atoms with Gasteiger partial charge in [-0.3, -0.25) is 4.90 Å². The first-order valence-corrected chi connectivity index (χ1v) is 12.7. The molecule has 0 spiro atoms. The lowest BCUT2D eigenvalue weighted by atomic mass is 9.91. The van der Waals surface area contributed by atoms with Gasteiger partial charge in [-0.15, -0.1) is 11.3 Å². The van der Waals surface area contributed by atoms with Gasteiger partial charge in [0.25, 0.3) is 0 Å².